The van der Waals surface area contributed by atoms with Gasteiger partial charge in [-0.05, 0) is 11.8 Å². The van der Waals surface area contributed by atoms with Crippen molar-refractivity contribution in [2.45, 2.75) is 26.3 Å². The molecule has 0 bridgehead atoms. The largest absolute Gasteiger partial charge is 0.329 e. The Kier molecular flexibility index (Phi) is 1.78. The van der Waals surface area contributed by atoms with Crippen molar-refractivity contribution in [3.63, 3.8) is 0 Å². The third-order valence-electron chi connectivity index (χ3n) is 1.95. The van der Waals surface area contributed by atoms with Crippen molar-refractivity contribution in [2.75, 3.05) is 13.1 Å². The fourth-order valence-electron chi connectivity index (χ4n) is 1.40. The van der Waals surface area contributed by atoms with Crippen LogP contribution in [0.5, 0.6) is 0 Å². The van der Waals surface area contributed by atoms with Crippen molar-refractivity contribution in [1.29, 1.82) is 0 Å². The highest BCUT2D eigenvalue weighted by Crippen LogP contribution is 2.26. The molecule has 9 heavy (non-hydrogen) atoms. The lowest BCUT2D eigenvalue weighted by Gasteiger charge is -2.14. The zero-order valence-electron chi connectivity index (χ0n) is 6.28. The van der Waals surface area contributed by atoms with Crippen molar-refractivity contribution in [1.82, 2.24) is 5.32 Å². The predicted molar refractivity (Wildman–Crippen MR) is 39.2 cm³/mol. The Hall–Kier alpha value is -0.0800. The van der Waals surface area contributed by atoms with E-state index in [0.717, 1.165) is 13.1 Å². The average Bonchev–Trinajstić information content (AvgIpc) is 2.10. The van der Waals surface area contributed by atoms with Crippen molar-refractivity contribution < 1.29 is 0 Å². The van der Waals surface area contributed by atoms with Gasteiger partial charge >= 0.3 is 0 Å². The lowest BCUT2D eigenvalue weighted by molar-refractivity contribution is 0.402. The highest BCUT2D eigenvalue weighted by molar-refractivity contribution is 4.87. The summed E-state index contributed by atoms with van der Waals surface area (Å²) in [7, 11) is 0. The minimum absolute atomic E-state index is 0.476. The molecule has 0 amide bonds. The predicted octanol–water partition coefficient (Wildman–Crippen LogP) is 0.333. The van der Waals surface area contributed by atoms with Crippen molar-refractivity contribution in [2.24, 2.45) is 11.1 Å². The lowest BCUT2D eigenvalue weighted by Crippen LogP contribution is -2.29. The van der Waals surface area contributed by atoms with Gasteiger partial charge in [0.05, 0.1) is 0 Å². The molecule has 0 spiro atoms. The molecule has 0 aromatic carbocycles. The summed E-state index contributed by atoms with van der Waals surface area (Å²) in [5.74, 6) is 0. The number of hydrogen-bond donors (Lipinski definition) is 2. The zero-order chi connectivity index (χ0) is 6.91. The van der Waals surface area contributed by atoms with E-state index in [2.05, 4.69) is 19.2 Å². The summed E-state index contributed by atoms with van der Waals surface area (Å²) in [6.07, 6.45) is 1.23. The second kappa shape index (κ2) is 2.27. The summed E-state index contributed by atoms with van der Waals surface area (Å²) in [5, 5.41) is 3.37. The number of nitrogens with two attached hydrogens (primary N) is 1. The SMILES string of the molecule is CC1(C)CNC(CN)C1. The van der Waals surface area contributed by atoms with Crippen LogP contribution in [0.15, 0.2) is 0 Å². The van der Waals surface area contributed by atoms with E-state index in [-0.39, 0.29) is 0 Å². The highest BCUT2D eigenvalue weighted by atomic mass is 15.0. The molecule has 2 nitrogen and oxygen atoms in total. The van der Waals surface area contributed by atoms with Gasteiger partial charge in [0.25, 0.3) is 0 Å². The van der Waals surface area contributed by atoms with Gasteiger partial charge in [-0.25, -0.2) is 0 Å². The average molecular weight is 128 g/mol. The summed E-state index contributed by atoms with van der Waals surface area (Å²) < 4.78 is 0. The maximum Gasteiger partial charge on any atom is 0.0196 e. The quantitative estimate of drug-likeness (QED) is 0.534. The molecule has 2 heteroatoms. The van der Waals surface area contributed by atoms with E-state index in [1.165, 1.54) is 6.42 Å². The number of hydrogen-bond acceptors (Lipinski definition) is 2. The second-order valence-electron chi connectivity index (χ2n) is 3.68. The van der Waals surface area contributed by atoms with E-state index in [0.29, 0.717) is 11.5 Å². The van der Waals surface area contributed by atoms with Gasteiger partial charge in [0.15, 0.2) is 0 Å². The highest BCUT2D eigenvalue weighted by Gasteiger charge is 2.28. The Balaban J connectivity index is 2.38. The van der Waals surface area contributed by atoms with E-state index in [1.807, 2.05) is 0 Å². The summed E-state index contributed by atoms with van der Waals surface area (Å²) in [6.45, 7) is 6.45. The van der Waals surface area contributed by atoms with E-state index in [4.69, 9.17) is 5.73 Å². The van der Waals surface area contributed by atoms with Crippen LogP contribution in [0.4, 0.5) is 0 Å². The van der Waals surface area contributed by atoms with E-state index in [9.17, 15) is 0 Å². The second-order valence-corrected chi connectivity index (χ2v) is 3.68. The molecule has 0 radical (unpaired) electrons. The Bertz CT molecular complexity index is 99.1. The van der Waals surface area contributed by atoms with Gasteiger partial charge in [0.2, 0.25) is 0 Å². The van der Waals surface area contributed by atoms with Crippen LogP contribution in [-0.2, 0) is 0 Å². The van der Waals surface area contributed by atoms with Gasteiger partial charge in [-0.2, -0.15) is 0 Å². The molecule has 1 fully saturated rings. The van der Waals surface area contributed by atoms with Crippen LogP contribution in [0.25, 0.3) is 0 Å². The van der Waals surface area contributed by atoms with Crippen molar-refractivity contribution in [3.8, 4) is 0 Å². The molecular weight excluding hydrogens is 112 g/mol. The van der Waals surface area contributed by atoms with Crippen LogP contribution in [-0.4, -0.2) is 19.1 Å². The van der Waals surface area contributed by atoms with Crippen LogP contribution in [0.1, 0.15) is 20.3 Å². The van der Waals surface area contributed by atoms with E-state index in [1.54, 1.807) is 0 Å². The fraction of sp³-hybridized carbons (Fsp3) is 1.00. The zero-order valence-corrected chi connectivity index (χ0v) is 6.28. The summed E-state index contributed by atoms with van der Waals surface area (Å²) in [5.41, 5.74) is 5.97. The normalized spacial score (nSPS) is 33.0. The molecule has 1 rings (SSSR count). The minimum atomic E-state index is 0.476. The van der Waals surface area contributed by atoms with E-state index < -0.39 is 0 Å². The first-order valence-corrected chi connectivity index (χ1v) is 3.57. The fourth-order valence-corrected chi connectivity index (χ4v) is 1.40. The minimum Gasteiger partial charge on any atom is -0.329 e. The molecule has 0 aromatic heterocycles. The van der Waals surface area contributed by atoms with Crippen molar-refractivity contribution >= 4 is 0 Å². The maximum absolute atomic E-state index is 5.49. The summed E-state index contributed by atoms with van der Waals surface area (Å²) in [6, 6.07) is 0.569. The molecular formula is C7H16N2. The molecule has 54 valence electrons. The first kappa shape index (κ1) is 7.03. The Morgan fingerprint density at radius 3 is 2.56 bits per heavy atom. The first-order chi connectivity index (χ1) is 4.14. The molecule has 1 unspecified atom stereocenters. The standard InChI is InChI=1S/C7H16N2/c1-7(2)3-6(4-8)9-5-7/h6,9H,3-5,8H2,1-2H3. The van der Waals surface area contributed by atoms with Crippen LogP contribution in [0.2, 0.25) is 0 Å². The van der Waals surface area contributed by atoms with Gasteiger partial charge in [-0.1, -0.05) is 13.8 Å². The van der Waals surface area contributed by atoms with Crippen LogP contribution in [0, 0.1) is 5.41 Å². The van der Waals surface area contributed by atoms with Crippen molar-refractivity contribution in [3.05, 3.63) is 0 Å². The number of rotatable bonds is 1. The Labute approximate surface area is 56.8 Å². The summed E-state index contributed by atoms with van der Waals surface area (Å²) >= 11 is 0. The Morgan fingerprint density at radius 1 is 1.67 bits per heavy atom. The smallest absolute Gasteiger partial charge is 0.0196 e. The molecule has 1 heterocycles. The molecule has 0 aromatic rings. The van der Waals surface area contributed by atoms with Crippen LogP contribution < -0.4 is 11.1 Å². The van der Waals surface area contributed by atoms with Gasteiger partial charge in [-0.15, -0.1) is 0 Å². The van der Waals surface area contributed by atoms with Gasteiger partial charge < -0.3 is 11.1 Å². The molecule has 1 saturated heterocycles. The maximum atomic E-state index is 5.49. The monoisotopic (exact) mass is 128 g/mol. The van der Waals surface area contributed by atoms with E-state index >= 15 is 0 Å². The topological polar surface area (TPSA) is 38.0 Å². The molecule has 1 aliphatic heterocycles. The molecule has 3 N–H and O–H groups in total. The van der Waals surface area contributed by atoms with Gasteiger partial charge in [0.1, 0.15) is 0 Å². The first-order valence-electron chi connectivity index (χ1n) is 3.57. The lowest BCUT2D eigenvalue weighted by atomic mass is 9.91. The molecule has 1 atom stereocenters. The van der Waals surface area contributed by atoms with Gasteiger partial charge in [-0.3, -0.25) is 0 Å². The van der Waals surface area contributed by atoms with Gasteiger partial charge in [0, 0.05) is 19.1 Å². The third-order valence-corrected chi connectivity index (χ3v) is 1.95. The Morgan fingerprint density at radius 2 is 2.33 bits per heavy atom. The van der Waals surface area contributed by atoms with Crippen LogP contribution in [0.3, 0.4) is 0 Å². The number of nitrogens with one attached hydrogen (secondary N) is 1. The van der Waals surface area contributed by atoms with Crippen LogP contribution >= 0.6 is 0 Å². The molecule has 1 aliphatic rings. The summed E-state index contributed by atoms with van der Waals surface area (Å²) in [4.78, 5) is 0. The third kappa shape index (κ3) is 1.66. The molecule has 0 aliphatic carbocycles. The molecule has 0 saturated carbocycles.